The Balaban J connectivity index is 1.36. The molecule has 0 bridgehead atoms. The number of anilines is 1. The third-order valence-electron chi connectivity index (χ3n) is 5.68. The second kappa shape index (κ2) is 7.26. The molecule has 3 aromatic rings. The van der Waals surface area contributed by atoms with Crippen LogP contribution in [0.4, 0.5) is 5.82 Å². The monoisotopic (exact) mass is 394 g/mol. The summed E-state index contributed by atoms with van der Waals surface area (Å²) in [5.74, 6) is 2.07. The van der Waals surface area contributed by atoms with E-state index in [1.165, 1.54) is 0 Å². The number of aryl methyl sites for hydroxylation is 1. The summed E-state index contributed by atoms with van der Waals surface area (Å²) in [6.07, 6.45) is 4.62. The first-order valence-corrected chi connectivity index (χ1v) is 9.89. The van der Waals surface area contributed by atoms with Gasteiger partial charge in [0.2, 0.25) is 17.6 Å². The van der Waals surface area contributed by atoms with E-state index in [1.807, 2.05) is 17.0 Å². The first kappa shape index (κ1) is 17.8. The molecule has 1 aliphatic carbocycles. The van der Waals surface area contributed by atoms with Gasteiger partial charge in [-0.3, -0.25) is 4.79 Å². The molecule has 150 valence electrons. The zero-order valence-corrected chi connectivity index (χ0v) is 16.2. The second-order valence-electron chi connectivity index (χ2n) is 7.45. The van der Waals surface area contributed by atoms with Crippen molar-refractivity contribution in [2.45, 2.75) is 32.1 Å². The lowest BCUT2D eigenvalue weighted by Gasteiger charge is -2.34. The zero-order valence-electron chi connectivity index (χ0n) is 16.2. The number of hydrogen-bond donors (Lipinski definition) is 1. The van der Waals surface area contributed by atoms with Crippen molar-refractivity contribution in [1.82, 2.24) is 35.4 Å². The standard InChI is InChI=1S/C19H22N8O2/c1-12(28)26-7-9-27(10-8-26)16-11-13(5-6-20-16)18-21-19(29-24-18)14-3-2-4-15-17(14)23-25-22-15/h5-6,11,14H,2-4,7-10H2,1H3,(H,22,23,25). The maximum absolute atomic E-state index is 11.5. The number of aromatic nitrogens is 6. The molecule has 10 nitrogen and oxygen atoms in total. The van der Waals surface area contributed by atoms with Crippen molar-refractivity contribution in [2.75, 3.05) is 31.1 Å². The molecule has 2 aliphatic rings. The van der Waals surface area contributed by atoms with E-state index in [2.05, 4.69) is 35.4 Å². The Morgan fingerprint density at radius 1 is 1.24 bits per heavy atom. The lowest BCUT2D eigenvalue weighted by Crippen LogP contribution is -2.48. The Labute approximate surface area is 167 Å². The summed E-state index contributed by atoms with van der Waals surface area (Å²) in [6, 6.07) is 3.85. The number of carbonyl (C=O) groups is 1. The highest BCUT2D eigenvalue weighted by Crippen LogP contribution is 2.34. The normalized spacial score (nSPS) is 19.3. The van der Waals surface area contributed by atoms with Crippen LogP contribution in [0.5, 0.6) is 0 Å². The quantitative estimate of drug-likeness (QED) is 0.708. The van der Waals surface area contributed by atoms with Gasteiger partial charge in [0.1, 0.15) is 5.82 Å². The maximum Gasteiger partial charge on any atom is 0.236 e. The van der Waals surface area contributed by atoms with Gasteiger partial charge < -0.3 is 14.3 Å². The minimum atomic E-state index is -0.0142. The van der Waals surface area contributed by atoms with Gasteiger partial charge in [0.05, 0.1) is 17.3 Å². The second-order valence-corrected chi connectivity index (χ2v) is 7.45. The van der Waals surface area contributed by atoms with Crippen LogP contribution in [-0.2, 0) is 11.2 Å². The predicted octanol–water partition coefficient (Wildman–Crippen LogP) is 1.39. The van der Waals surface area contributed by atoms with Crippen LogP contribution in [0.3, 0.4) is 0 Å². The van der Waals surface area contributed by atoms with E-state index in [0.717, 1.165) is 55.1 Å². The molecule has 0 radical (unpaired) electrons. The van der Waals surface area contributed by atoms with E-state index in [0.29, 0.717) is 24.8 Å². The van der Waals surface area contributed by atoms with Crippen LogP contribution >= 0.6 is 0 Å². The number of nitrogens with one attached hydrogen (secondary N) is 1. The number of H-pyrrole nitrogens is 1. The van der Waals surface area contributed by atoms with E-state index < -0.39 is 0 Å². The van der Waals surface area contributed by atoms with Crippen LogP contribution < -0.4 is 4.90 Å². The fraction of sp³-hybridized carbons (Fsp3) is 0.474. The molecule has 1 unspecified atom stereocenters. The number of nitrogens with zero attached hydrogens (tertiary/aromatic N) is 7. The average Bonchev–Trinajstić information content (AvgIpc) is 3.43. The summed E-state index contributed by atoms with van der Waals surface area (Å²) < 4.78 is 5.59. The first-order valence-electron chi connectivity index (χ1n) is 9.89. The van der Waals surface area contributed by atoms with Crippen LogP contribution in [0, 0.1) is 0 Å². The van der Waals surface area contributed by atoms with Crippen LogP contribution in [0.25, 0.3) is 11.4 Å². The average molecular weight is 394 g/mol. The molecular formula is C19H22N8O2. The fourth-order valence-electron chi connectivity index (χ4n) is 4.05. The van der Waals surface area contributed by atoms with Crippen molar-refractivity contribution in [3.05, 3.63) is 35.6 Å². The van der Waals surface area contributed by atoms with Gasteiger partial charge in [-0.2, -0.15) is 20.4 Å². The third-order valence-corrected chi connectivity index (χ3v) is 5.68. The molecule has 1 saturated heterocycles. The minimum Gasteiger partial charge on any atom is -0.353 e. The van der Waals surface area contributed by atoms with Crippen molar-refractivity contribution in [2.24, 2.45) is 0 Å². The Bertz CT molecular complexity index is 1020. The SMILES string of the molecule is CC(=O)N1CCN(c2cc(-c3noc(C4CCCc5n[nH]nc54)n3)ccn2)CC1. The van der Waals surface area contributed by atoms with Crippen LogP contribution in [0.2, 0.25) is 0 Å². The van der Waals surface area contributed by atoms with E-state index in [9.17, 15) is 4.79 Å². The summed E-state index contributed by atoms with van der Waals surface area (Å²) in [4.78, 5) is 24.7. The number of hydrogen-bond acceptors (Lipinski definition) is 8. The summed E-state index contributed by atoms with van der Waals surface area (Å²) in [5, 5.41) is 15.4. The highest BCUT2D eigenvalue weighted by atomic mass is 16.5. The zero-order chi connectivity index (χ0) is 19.8. The topological polar surface area (TPSA) is 117 Å². The first-order chi connectivity index (χ1) is 14.2. The molecule has 1 aliphatic heterocycles. The van der Waals surface area contributed by atoms with E-state index >= 15 is 0 Å². The van der Waals surface area contributed by atoms with E-state index in [4.69, 9.17) is 4.52 Å². The van der Waals surface area contributed by atoms with Crippen molar-refractivity contribution >= 4 is 11.7 Å². The van der Waals surface area contributed by atoms with Crippen molar-refractivity contribution in [1.29, 1.82) is 0 Å². The Morgan fingerprint density at radius 2 is 2.10 bits per heavy atom. The molecule has 0 saturated carbocycles. The number of pyridine rings is 1. The molecule has 0 aromatic carbocycles. The number of piperazine rings is 1. The minimum absolute atomic E-state index is 0.0142. The molecule has 29 heavy (non-hydrogen) atoms. The van der Waals surface area contributed by atoms with Gasteiger partial charge in [0.15, 0.2) is 0 Å². The third kappa shape index (κ3) is 3.34. The number of fused-ring (bicyclic) bond motifs is 1. The molecule has 4 heterocycles. The van der Waals surface area contributed by atoms with Gasteiger partial charge in [0.25, 0.3) is 0 Å². The number of carbonyl (C=O) groups excluding carboxylic acids is 1. The lowest BCUT2D eigenvalue weighted by molar-refractivity contribution is -0.129. The molecule has 1 N–H and O–H groups in total. The molecule has 10 heteroatoms. The van der Waals surface area contributed by atoms with E-state index in [-0.39, 0.29) is 11.8 Å². The van der Waals surface area contributed by atoms with Crippen molar-refractivity contribution in [3.8, 4) is 11.4 Å². The molecule has 0 spiro atoms. The fourth-order valence-corrected chi connectivity index (χ4v) is 4.05. The van der Waals surface area contributed by atoms with Crippen LogP contribution in [0.15, 0.2) is 22.9 Å². The number of amides is 1. The highest BCUT2D eigenvalue weighted by molar-refractivity contribution is 5.73. The van der Waals surface area contributed by atoms with Gasteiger partial charge in [-0.25, -0.2) is 4.98 Å². The highest BCUT2D eigenvalue weighted by Gasteiger charge is 2.30. The molecule has 1 amide bonds. The molecule has 1 atom stereocenters. The molecule has 1 fully saturated rings. The van der Waals surface area contributed by atoms with Gasteiger partial charge in [0, 0.05) is 44.9 Å². The molecule has 3 aromatic heterocycles. The largest absolute Gasteiger partial charge is 0.353 e. The Kier molecular flexibility index (Phi) is 4.45. The van der Waals surface area contributed by atoms with Crippen molar-refractivity contribution in [3.63, 3.8) is 0 Å². The van der Waals surface area contributed by atoms with Gasteiger partial charge in [-0.05, 0) is 31.4 Å². The van der Waals surface area contributed by atoms with Crippen LogP contribution in [-0.4, -0.2) is 67.5 Å². The number of aromatic amines is 1. The lowest BCUT2D eigenvalue weighted by atomic mass is 9.90. The molecule has 5 rings (SSSR count). The Hall–Kier alpha value is -3.30. The van der Waals surface area contributed by atoms with Gasteiger partial charge in [-0.15, -0.1) is 0 Å². The van der Waals surface area contributed by atoms with Gasteiger partial charge >= 0.3 is 0 Å². The maximum atomic E-state index is 11.5. The summed E-state index contributed by atoms with van der Waals surface area (Å²) >= 11 is 0. The summed E-state index contributed by atoms with van der Waals surface area (Å²) in [7, 11) is 0. The number of rotatable bonds is 3. The van der Waals surface area contributed by atoms with Crippen LogP contribution in [0.1, 0.15) is 43.0 Å². The smallest absolute Gasteiger partial charge is 0.236 e. The van der Waals surface area contributed by atoms with Gasteiger partial charge in [-0.1, -0.05) is 5.16 Å². The predicted molar refractivity (Wildman–Crippen MR) is 103 cm³/mol. The summed E-state index contributed by atoms with van der Waals surface area (Å²) in [6.45, 7) is 4.52. The van der Waals surface area contributed by atoms with Crippen molar-refractivity contribution < 1.29 is 9.32 Å². The van der Waals surface area contributed by atoms with E-state index in [1.54, 1.807) is 13.1 Å². The Morgan fingerprint density at radius 3 is 2.93 bits per heavy atom. The molecular weight excluding hydrogens is 372 g/mol. The summed E-state index contributed by atoms with van der Waals surface area (Å²) in [5.41, 5.74) is 2.75.